The van der Waals surface area contributed by atoms with Crippen molar-refractivity contribution in [2.75, 3.05) is 0 Å². The van der Waals surface area contributed by atoms with Crippen LogP contribution in [0.3, 0.4) is 0 Å². The molecule has 0 bridgehead atoms. The lowest BCUT2D eigenvalue weighted by molar-refractivity contribution is 1.06. The Morgan fingerprint density at radius 3 is 2.29 bits per heavy atom. The van der Waals surface area contributed by atoms with Crippen LogP contribution in [0.4, 0.5) is 0 Å². The van der Waals surface area contributed by atoms with Gasteiger partial charge in [-0.2, -0.15) is 0 Å². The van der Waals surface area contributed by atoms with E-state index in [1.54, 1.807) is 12.5 Å². The molecule has 1 aromatic heterocycles. The molecule has 0 fully saturated rings. The molecule has 0 spiro atoms. The van der Waals surface area contributed by atoms with Gasteiger partial charge in [0.2, 0.25) is 0 Å². The first-order chi connectivity index (χ1) is 6.86. The topological polar surface area (TPSA) is 17.8 Å². The Morgan fingerprint density at radius 2 is 1.79 bits per heavy atom. The molecule has 0 N–H and O–H groups in total. The van der Waals surface area contributed by atoms with E-state index in [1.165, 1.54) is 5.56 Å². The van der Waals surface area contributed by atoms with Gasteiger partial charge in [-0.25, -0.2) is 4.98 Å². The first-order valence-electron chi connectivity index (χ1n) is 4.41. The third-order valence-corrected chi connectivity index (χ3v) is 1.84. The Hall–Kier alpha value is -1.83. The smallest absolute Gasteiger partial charge is 0.0991 e. The predicted molar refractivity (Wildman–Crippen MR) is 59.6 cm³/mol. The maximum absolute atomic E-state index is 3.98. The van der Waals surface area contributed by atoms with Crippen LogP contribution in [0.1, 0.15) is 5.56 Å². The molecule has 0 aliphatic rings. The van der Waals surface area contributed by atoms with Crippen molar-refractivity contribution in [2.45, 2.75) is 6.92 Å². The third-order valence-electron chi connectivity index (χ3n) is 1.84. The zero-order chi connectivity index (χ0) is 10.4. The molecule has 1 aromatic carbocycles. The molecule has 1 heterocycles. The molecular formula is C12H14N2. The molecule has 0 unspecified atom stereocenters. The van der Waals surface area contributed by atoms with Crippen molar-refractivity contribution >= 4 is 0 Å². The van der Waals surface area contributed by atoms with Crippen LogP contribution >= 0.6 is 0 Å². The molecule has 0 aliphatic carbocycles. The molecule has 72 valence electrons. The van der Waals surface area contributed by atoms with E-state index in [-0.39, 0.29) is 0 Å². The van der Waals surface area contributed by atoms with Gasteiger partial charge in [-0.3, -0.25) is 0 Å². The van der Waals surface area contributed by atoms with E-state index in [1.807, 2.05) is 10.8 Å². The van der Waals surface area contributed by atoms with Crippen molar-refractivity contribution in [3.8, 4) is 5.69 Å². The number of benzene rings is 1. The highest BCUT2D eigenvalue weighted by molar-refractivity contribution is 5.33. The zero-order valence-corrected chi connectivity index (χ0v) is 8.35. The molecule has 2 aromatic rings. The number of rotatable bonds is 1. The van der Waals surface area contributed by atoms with Crippen molar-refractivity contribution < 1.29 is 0 Å². The molecule has 0 amide bonds. The maximum atomic E-state index is 3.98. The SMILES string of the molecule is C=C.Cc1ccc(-n2ccnc2)cc1. The molecule has 0 radical (unpaired) electrons. The van der Waals surface area contributed by atoms with Crippen molar-refractivity contribution in [1.82, 2.24) is 9.55 Å². The second-order valence-corrected chi connectivity index (χ2v) is 2.81. The Balaban J connectivity index is 0.000000461. The van der Waals surface area contributed by atoms with Gasteiger partial charge >= 0.3 is 0 Å². The van der Waals surface area contributed by atoms with Crippen molar-refractivity contribution in [3.63, 3.8) is 0 Å². The number of nitrogens with zero attached hydrogens (tertiary/aromatic N) is 2. The molecule has 0 atom stereocenters. The van der Waals surface area contributed by atoms with Gasteiger partial charge in [0, 0.05) is 18.1 Å². The number of imidazole rings is 1. The maximum Gasteiger partial charge on any atom is 0.0991 e. The summed E-state index contributed by atoms with van der Waals surface area (Å²) >= 11 is 0. The Morgan fingerprint density at radius 1 is 1.14 bits per heavy atom. The summed E-state index contributed by atoms with van der Waals surface area (Å²) in [6.45, 7) is 8.08. The highest BCUT2D eigenvalue weighted by Gasteiger charge is 1.92. The van der Waals surface area contributed by atoms with Crippen LogP contribution in [0.2, 0.25) is 0 Å². The van der Waals surface area contributed by atoms with Gasteiger partial charge in [0.05, 0.1) is 6.33 Å². The summed E-state index contributed by atoms with van der Waals surface area (Å²) in [5.74, 6) is 0. The number of aromatic nitrogens is 2. The molecule has 0 saturated heterocycles. The summed E-state index contributed by atoms with van der Waals surface area (Å²) in [5.41, 5.74) is 2.43. The summed E-state index contributed by atoms with van der Waals surface area (Å²) in [6, 6.07) is 8.35. The van der Waals surface area contributed by atoms with Gasteiger partial charge < -0.3 is 4.57 Å². The van der Waals surface area contributed by atoms with Crippen LogP contribution in [0.15, 0.2) is 56.1 Å². The predicted octanol–water partition coefficient (Wildman–Crippen LogP) is 2.98. The molecule has 0 aliphatic heterocycles. The minimum absolute atomic E-state index is 1.15. The van der Waals surface area contributed by atoms with Crippen LogP contribution in [0.25, 0.3) is 5.69 Å². The van der Waals surface area contributed by atoms with Gasteiger partial charge in [0.25, 0.3) is 0 Å². The molecule has 14 heavy (non-hydrogen) atoms. The first kappa shape index (κ1) is 10.3. The normalized spacial score (nSPS) is 8.93. The van der Waals surface area contributed by atoms with Crippen molar-refractivity contribution in [1.29, 1.82) is 0 Å². The average Bonchev–Trinajstić information content (AvgIpc) is 2.75. The lowest BCUT2D eigenvalue weighted by Crippen LogP contribution is -1.88. The fraction of sp³-hybridized carbons (Fsp3) is 0.0833. The van der Waals surface area contributed by atoms with Crippen molar-refractivity contribution in [2.24, 2.45) is 0 Å². The van der Waals surface area contributed by atoms with Gasteiger partial charge in [0.15, 0.2) is 0 Å². The standard InChI is InChI=1S/C10H10N2.C2H4/c1-9-2-4-10(5-3-9)12-7-6-11-8-12;1-2/h2-8H,1H3;1-2H2. The Labute approximate surface area is 84.5 Å². The lowest BCUT2D eigenvalue weighted by atomic mass is 10.2. The van der Waals surface area contributed by atoms with E-state index < -0.39 is 0 Å². The molecule has 2 nitrogen and oxygen atoms in total. The third kappa shape index (κ3) is 2.33. The van der Waals surface area contributed by atoms with Crippen molar-refractivity contribution in [3.05, 3.63) is 61.7 Å². The van der Waals surface area contributed by atoms with Gasteiger partial charge in [-0.05, 0) is 19.1 Å². The minimum atomic E-state index is 1.15. The molecular weight excluding hydrogens is 172 g/mol. The lowest BCUT2D eigenvalue weighted by Gasteiger charge is -2.00. The minimum Gasteiger partial charge on any atom is -0.306 e. The van der Waals surface area contributed by atoms with Crippen LogP contribution < -0.4 is 0 Å². The first-order valence-corrected chi connectivity index (χ1v) is 4.41. The molecule has 2 heteroatoms. The Bertz CT molecular complexity index is 360. The monoisotopic (exact) mass is 186 g/mol. The average molecular weight is 186 g/mol. The van der Waals surface area contributed by atoms with Crippen LogP contribution in [-0.4, -0.2) is 9.55 Å². The second-order valence-electron chi connectivity index (χ2n) is 2.81. The Kier molecular flexibility index (Phi) is 3.68. The van der Waals surface area contributed by atoms with Gasteiger partial charge in [-0.15, -0.1) is 13.2 Å². The molecule has 0 saturated carbocycles. The molecule has 2 rings (SSSR count). The summed E-state index contributed by atoms with van der Waals surface area (Å²) in [5, 5.41) is 0. The highest BCUT2D eigenvalue weighted by Crippen LogP contribution is 2.07. The zero-order valence-electron chi connectivity index (χ0n) is 8.35. The van der Waals surface area contributed by atoms with E-state index in [0.717, 1.165) is 5.69 Å². The van der Waals surface area contributed by atoms with Crippen LogP contribution in [0.5, 0.6) is 0 Å². The van der Waals surface area contributed by atoms with E-state index in [9.17, 15) is 0 Å². The number of hydrogen-bond acceptors (Lipinski definition) is 1. The fourth-order valence-electron chi connectivity index (χ4n) is 1.13. The second kappa shape index (κ2) is 5.02. The number of hydrogen-bond donors (Lipinski definition) is 0. The summed E-state index contributed by atoms with van der Waals surface area (Å²) in [6.07, 6.45) is 5.51. The van der Waals surface area contributed by atoms with E-state index >= 15 is 0 Å². The highest BCUT2D eigenvalue weighted by atomic mass is 15.0. The van der Waals surface area contributed by atoms with E-state index in [0.29, 0.717) is 0 Å². The van der Waals surface area contributed by atoms with Crippen LogP contribution in [-0.2, 0) is 0 Å². The fourth-order valence-corrected chi connectivity index (χ4v) is 1.13. The summed E-state index contributed by atoms with van der Waals surface area (Å²) in [7, 11) is 0. The quantitative estimate of drug-likeness (QED) is 0.626. The number of aryl methyl sites for hydroxylation is 1. The van der Waals surface area contributed by atoms with Crippen LogP contribution in [0, 0.1) is 6.92 Å². The van der Waals surface area contributed by atoms with Gasteiger partial charge in [0.1, 0.15) is 0 Å². The van der Waals surface area contributed by atoms with Gasteiger partial charge in [-0.1, -0.05) is 17.7 Å². The summed E-state index contributed by atoms with van der Waals surface area (Å²) in [4.78, 5) is 3.98. The largest absolute Gasteiger partial charge is 0.306 e. The summed E-state index contributed by atoms with van der Waals surface area (Å²) < 4.78 is 1.99. The van der Waals surface area contributed by atoms with E-state index in [4.69, 9.17) is 0 Å². The van der Waals surface area contributed by atoms with E-state index in [2.05, 4.69) is 49.3 Å².